The molecule has 0 unspecified atom stereocenters. The second kappa shape index (κ2) is 1.89. The lowest BCUT2D eigenvalue weighted by atomic mass is 10.4. The van der Waals surface area contributed by atoms with Gasteiger partial charge in [-0.2, -0.15) is 4.39 Å². The average Bonchev–Trinajstić information content (AvgIpc) is 1.59. The quantitative estimate of drug-likeness (QED) is 0.495. The Morgan fingerprint density at radius 2 is 2.00 bits per heavy atom. The van der Waals surface area contributed by atoms with Crippen molar-refractivity contribution in [3.63, 3.8) is 0 Å². The minimum atomic E-state index is -0.646. The molecule has 0 radical (unpaired) electrons. The van der Waals surface area contributed by atoms with Gasteiger partial charge in [0.25, 0.3) is 0 Å². The summed E-state index contributed by atoms with van der Waals surface area (Å²) in [6.07, 6.45) is 0. The Labute approximate surface area is 51.5 Å². The van der Waals surface area contributed by atoms with E-state index in [1.165, 1.54) is 6.07 Å². The lowest BCUT2D eigenvalue weighted by Crippen LogP contribution is -1.95. The Hall–Kier alpha value is -1.32. The number of nitrogens with zero attached hydrogens (tertiary/aromatic N) is 1. The monoisotopic (exact) mass is 127 g/mol. The summed E-state index contributed by atoms with van der Waals surface area (Å²) in [5.41, 5.74) is 10.6. The predicted molar refractivity (Wildman–Crippen MR) is 33.0 cm³/mol. The van der Waals surface area contributed by atoms with Crippen molar-refractivity contribution in [1.29, 1.82) is 0 Å². The Morgan fingerprint density at radius 1 is 1.33 bits per heavy atom. The molecular formula is C5H6FN3. The molecule has 0 amide bonds. The molecule has 0 saturated heterocycles. The molecule has 48 valence electrons. The number of nitrogen functional groups attached to an aromatic ring is 2. The average molecular weight is 127 g/mol. The summed E-state index contributed by atoms with van der Waals surface area (Å²) in [7, 11) is 0. The number of halogens is 1. The van der Waals surface area contributed by atoms with Gasteiger partial charge in [0, 0.05) is 17.8 Å². The zero-order chi connectivity index (χ0) is 6.85. The Bertz CT molecular complexity index is 173. The summed E-state index contributed by atoms with van der Waals surface area (Å²) in [6.45, 7) is 0. The first-order chi connectivity index (χ1) is 4.18. The van der Waals surface area contributed by atoms with Crippen LogP contribution in [0.2, 0.25) is 0 Å². The predicted octanol–water partition coefficient (Wildman–Crippen LogP) is 0.385. The number of nitrogens with two attached hydrogens (primary N) is 2. The van der Waals surface area contributed by atoms with Gasteiger partial charge >= 0.3 is 0 Å². The Balaban J connectivity index is 3.17. The molecule has 0 bridgehead atoms. The summed E-state index contributed by atoms with van der Waals surface area (Å²) in [5.74, 6) is -0.542. The van der Waals surface area contributed by atoms with Crippen LogP contribution in [0.15, 0.2) is 12.1 Å². The molecule has 1 aromatic rings. The summed E-state index contributed by atoms with van der Waals surface area (Å²) >= 11 is 0. The molecule has 0 atom stereocenters. The molecule has 9 heavy (non-hydrogen) atoms. The molecule has 1 heterocycles. The van der Waals surface area contributed by atoms with Crippen LogP contribution in [0.3, 0.4) is 0 Å². The van der Waals surface area contributed by atoms with Crippen molar-refractivity contribution in [1.82, 2.24) is 4.98 Å². The minimum Gasteiger partial charge on any atom is -0.398 e. The molecule has 1 aromatic heterocycles. The first-order valence-corrected chi connectivity index (χ1v) is 2.37. The fourth-order valence-electron chi connectivity index (χ4n) is 0.538. The van der Waals surface area contributed by atoms with Gasteiger partial charge in [0.05, 0.1) is 0 Å². The third-order valence-electron chi connectivity index (χ3n) is 0.836. The number of aromatic nitrogens is 1. The second-order valence-electron chi connectivity index (χ2n) is 1.65. The van der Waals surface area contributed by atoms with E-state index in [1.54, 1.807) is 0 Å². The molecule has 0 fully saturated rings. The number of hydrogen-bond donors (Lipinski definition) is 2. The minimum absolute atomic E-state index is 0.104. The van der Waals surface area contributed by atoms with Crippen LogP contribution in [0, 0.1) is 5.95 Å². The number of pyridine rings is 1. The van der Waals surface area contributed by atoms with Gasteiger partial charge < -0.3 is 11.5 Å². The van der Waals surface area contributed by atoms with Gasteiger partial charge in [0.1, 0.15) is 5.82 Å². The van der Waals surface area contributed by atoms with Crippen LogP contribution < -0.4 is 11.5 Å². The van der Waals surface area contributed by atoms with Crippen LogP contribution >= 0.6 is 0 Å². The second-order valence-corrected chi connectivity index (χ2v) is 1.65. The standard InChI is InChI=1S/C5H6FN3/c6-4-1-3(7)2-5(8)9-4/h1-2H,(H4,7,8,9). The van der Waals surface area contributed by atoms with E-state index in [0.717, 1.165) is 6.07 Å². The highest BCUT2D eigenvalue weighted by Crippen LogP contribution is 2.06. The van der Waals surface area contributed by atoms with Crippen LogP contribution in [-0.4, -0.2) is 4.98 Å². The Kier molecular flexibility index (Phi) is 1.22. The zero-order valence-electron chi connectivity index (χ0n) is 4.63. The van der Waals surface area contributed by atoms with E-state index in [9.17, 15) is 4.39 Å². The maximum Gasteiger partial charge on any atom is 0.216 e. The first-order valence-electron chi connectivity index (χ1n) is 2.37. The fourth-order valence-corrected chi connectivity index (χ4v) is 0.538. The Morgan fingerprint density at radius 3 is 2.44 bits per heavy atom. The van der Waals surface area contributed by atoms with Crippen molar-refractivity contribution in [2.45, 2.75) is 0 Å². The van der Waals surface area contributed by atoms with E-state index in [-0.39, 0.29) is 5.82 Å². The van der Waals surface area contributed by atoms with E-state index in [2.05, 4.69) is 4.98 Å². The van der Waals surface area contributed by atoms with Crippen LogP contribution in [-0.2, 0) is 0 Å². The molecular weight excluding hydrogens is 121 g/mol. The lowest BCUT2D eigenvalue weighted by molar-refractivity contribution is 0.586. The van der Waals surface area contributed by atoms with Crippen molar-refractivity contribution in [3.8, 4) is 0 Å². The highest BCUT2D eigenvalue weighted by atomic mass is 19.1. The molecule has 0 aliphatic rings. The molecule has 3 nitrogen and oxygen atoms in total. The highest BCUT2D eigenvalue weighted by molar-refractivity contribution is 5.45. The van der Waals surface area contributed by atoms with Gasteiger partial charge in [-0.05, 0) is 0 Å². The lowest BCUT2D eigenvalue weighted by Gasteiger charge is -1.93. The third-order valence-corrected chi connectivity index (χ3v) is 0.836. The van der Waals surface area contributed by atoms with E-state index in [4.69, 9.17) is 11.5 Å². The molecule has 0 aliphatic carbocycles. The van der Waals surface area contributed by atoms with Gasteiger partial charge in [-0.1, -0.05) is 0 Å². The molecule has 0 saturated carbocycles. The van der Waals surface area contributed by atoms with Crippen molar-refractivity contribution in [2.75, 3.05) is 11.5 Å². The van der Waals surface area contributed by atoms with E-state index in [1.807, 2.05) is 0 Å². The van der Waals surface area contributed by atoms with Crippen LogP contribution in [0.4, 0.5) is 15.9 Å². The van der Waals surface area contributed by atoms with Crippen molar-refractivity contribution in [3.05, 3.63) is 18.1 Å². The van der Waals surface area contributed by atoms with Gasteiger partial charge in [-0.25, -0.2) is 4.98 Å². The third kappa shape index (κ3) is 1.28. The number of rotatable bonds is 0. The van der Waals surface area contributed by atoms with E-state index >= 15 is 0 Å². The first kappa shape index (κ1) is 5.81. The van der Waals surface area contributed by atoms with Gasteiger partial charge in [0.2, 0.25) is 5.95 Å². The molecule has 0 aromatic carbocycles. The number of hydrogen-bond acceptors (Lipinski definition) is 3. The van der Waals surface area contributed by atoms with Crippen LogP contribution in [0.5, 0.6) is 0 Å². The topological polar surface area (TPSA) is 64.9 Å². The SMILES string of the molecule is Nc1cc(N)nc(F)c1. The van der Waals surface area contributed by atoms with Crippen molar-refractivity contribution < 1.29 is 4.39 Å². The van der Waals surface area contributed by atoms with Crippen molar-refractivity contribution in [2.24, 2.45) is 0 Å². The molecule has 1 rings (SSSR count). The van der Waals surface area contributed by atoms with Crippen molar-refractivity contribution >= 4 is 11.5 Å². The molecule has 0 spiro atoms. The maximum atomic E-state index is 12.2. The van der Waals surface area contributed by atoms with Gasteiger partial charge in [-0.3, -0.25) is 0 Å². The molecule has 0 aliphatic heterocycles. The largest absolute Gasteiger partial charge is 0.398 e. The highest BCUT2D eigenvalue weighted by Gasteiger charge is 1.93. The summed E-state index contributed by atoms with van der Waals surface area (Å²) < 4.78 is 12.2. The fraction of sp³-hybridized carbons (Fsp3) is 0. The maximum absolute atomic E-state index is 12.2. The summed E-state index contributed by atoms with van der Waals surface area (Å²) in [4.78, 5) is 3.27. The zero-order valence-corrected chi connectivity index (χ0v) is 4.63. The van der Waals surface area contributed by atoms with E-state index < -0.39 is 5.95 Å². The summed E-state index contributed by atoms with van der Waals surface area (Å²) in [6, 6.07) is 2.50. The molecule has 4 heteroatoms. The smallest absolute Gasteiger partial charge is 0.216 e. The van der Waals surface area contributed by atoms with Crippen LogP contribution in [0.1, 0.15) is 0 Å². The molecule has 4 N–H and O–H groups in total. The van der Waals surface area contributed by atoms with Crippen LogP contribution in [0.25, 0.3) is 0 Å². The van der Waals surface area contributed by atoms with Gasteiger partial charge in [0.15, 0.2) is 0 Å². The summed E-state index contributed by atoms with van der Waals surface area (Å²) in [5, 5.41) is 0. The van der Waals surface area contributed by atoms with Gasteiger partial charge in [-0.15, -0.1) is 0 Å². The normalized spacial score (nSPS) is 9.44. The van der Waals surface area contributed by atoms with E-state index in [0.29, 0.717) is 5.69 Å². The number of anilines is 2.